The molecule has 1 amide bonds. The fraction of sp³-hybridized carbons (Fsp3) is 0.708. The number of carbonyl (C=O) groups is 1. The van der Waals surface area contributed by atoms with Crippen LogP contribution < -0.4 is 5.32 Å². The van der Waals surface area contributed by atoms with E-state index < -0.39 is 0 Å². The Morgan fingerprint density at radius 1 is 1.00 bits per heavy atom. The molecule has 0 radical (unpaired) electrons. The number of hydrogen-bond acceptors (Lipinski definition) is 2. The van der Waals surface area contributed by atoms with E-state index in [9.17, 15) is 4.79 Å². The molecule has 3 atom stereocenters. The summed E-state index contributed by atoms with van der Waals surface area (Å²) < 4.78 is 0. The van der Waals surface area contributed by atoms with Gasteiger partial charge in [-0.15, -0.1) is 0 Å². The maximum absolute atomic E-state index is 13.7. The molecule has 27 heavy (non-hydrogen) atoms. The second-order valence-corrected chi connectivity index (χ2v) is 10.6. The molecule has 1 aliphatic heterocycles. The molecule has 2 aliphatic carbocycles. The minimum atomic E-state index is -0.223. The quantitative estimate of drug-likeness (QED) is 0.840. The molecule has 3 nitrogen and oxygen atoms in total. The fourth-order valence-corrected chi connectivity index (χ4v) is 6.91. The van der Waals surface area contributed by atoms with Gasteiger partial charge in [-0.1, -0.05) is 51.1 Å². The Balaban J connectivity index is 1.67. The van der Waals surface area contributed by atoms with Crippen LogP contribution in [0.15, 0.2) is 30.3 Å². The second-order valence-electron chi connectivity index (χ2n) is 10.6. The number of nitrogens with one attached hydrogen (secondary N) is 1. The van der Waals surface area contributed by atoms with Crippen LogP contribution >= 0.6 is 0 Å². The summed E-state index contributed by atoms with van der Waals surface area (Å²) in [4.78, 5) is 15.8. The maximum atomic E-state index is 13.7. The van der Waals surface area contributed by atoms with Gasteiger partial charge in [0, 0.05) is 25.0 Å². The Morgan fingerprint density at radius 2 is 1.78 bits per heavy atom. The smallest absolute Gasteiger partial charge is 0.228 e. The average molecular weight is 369 g/mol. The lowest BCUT2D eigenvalue weighted by Crippen LogP contribution is -2.54. The monoisotopic (exact) mass is 368 g/mol. The molecule has 1 aromatic carbocycles. The van der Waals surface area contributed by atoms with Crippen molar-refractivity contribution >= 4 is 5.91 Å². The zero-order valence-electron chi connectivity index (χ0n) is 17.4. The lowest BCUT2D eigenvalue weighted by molar-refractivity contribution is -0.148. The van der Waals surface area contributed by atoms with Crippen molar-refractivity contribution in [2.45, 2.75) is 64.7 Å². The van der Waals surface area contributed by atoms with Gasteiger partial charge in [-0.2, -0.15) is 0 Å². The van der Waals surface area contributed by atoms with Crippen molar-refractivity contribution in [3.63, 3.8) is 0 Å². The predicted molar refractivity (Wildman–Crippen MR) is 111 cm³/mol. The van der Waals surface area contributed by atoms with Gasteiger partial charge in [0.2, 0.25) is 5.91 Å². The third kappa shape index (κ3) is 3.68. The zero-order chi connectivity index (χ0) is 19.1. The largest absolute Gasteiger partial charge is 0.341 e. The van der Waals surface area contributed by atoms with E-state index in [2.05, 4.69) is 61.3 Å². The number of carbonyl (C=O) groups excluding carboxylic acids is 1. The molecule has 148 valence electrons. The molecule has 1 heterocycles. The van der Waals surface area contributed by atoms with E-state index in [1.54, 1.807) is 0 Å². The Kier molecular flexibility index (Phi) is 4.86. The van der Waals surface area contributed by atoms with Crippen molar-refractivity contribution in [3.05, 3.63) is 35.9 Å². The van der Waals surface area contributed by atoms with Crippen molar-refractivity contribution in [2.75, 3.05) is 26.2 Å². The minimum Gasteiger partial charge on any atom is -0.341 e. The summed E-state index contributed by atoms with van der Waals surface area (Å²) in [5, 5.41) is 3.44. The highest BCUT2D eigenvalue weighted by Crippen LogP contribution is 2.61. The molecule has 2 saturated carbocycles. The average Bonchev–Trinajstić information content (AvgIpc) is 2.89. The maximum Gasteiger partial charge on any atom is 0.228 e. The van der Waals surface area contributed by atoms with Crippen LogP contribution in [0.4, 0.5) is 0 Å². The number of amides is 1. The Labute approximate surface area is 164 Å². The van der Waals surface area contributed by atoms with Gasteiger partial charge >= 0.3 is 0 Å². The van der Waals surface area contributed by atoms with E-state index in [4.69, 9.17) is 0 Å². The van der Waals surface area contributed by atoms with Gasteiger partial charge in [-0.05, 0) is 67.4 Å². The second kappa shape index (κ2) is 6.92. The third-order valence-corrected chi connectivity index (χ3v) is 7.34. The van der Waals surface area contributed by atoms with Crippen LogP contribution in [0.2, 0.25) is 0 Å². The minimum absolute atomic E-state index is 0.153. The van der Waals surface area contributed by atoms with E-state index >= 15 is 0 Å². The first kappa shape index (κ1) is 19.0. The first-order chi connectivity index (χ1) is 12.8. The number of fused-ring (bicyclic) bond motifs is 2. The van der Waals surface area contributed by atoms with E-state index in [0.717, 1.165) is 45.4 Å². The Bertz CT molecular complexity index is 677. The van der Waals surface area contributed by atoms with Crippen molar-refractivity contribution in [2.24, 2.45) is 16.7 Å². The molecule has 3 heteroatoms. The molecule has 2 bridgehead atoms. The lowest BCUT2D eigenvalue weighted by atomic mass is 9.47. The van der Waals surface area contributed by atoms with Gasteiger partial charge in [0.15, 0.2) is 0 Å². The van der Waals surface area contributed by atoms with Crippen molar-refractivity contribution in [3.8, 4) is 0 Å². The Morgan fingerprint density at radius 3 is 2.56 bits per heavy atom. The van der Waals surface area contributed by atoms with Gasteiger partial charge in [-0.25, -0.2) is 0 Å². The van der Waals surface area contributed by atoms with Gasteiger partial charge in [-0.3, -0.25) is 4.79 Å². The number of nitrogens with zero attached hydrogens (tertiary/aromatic N) is 1. The van der Waals surface area contributed by atoms with Crippen molar-refractivity contribution in [1.29, 1.82) is 0 Å². The molecule has 4 rings (SSSR count). The number of rotatable bonds is 2. The van der Waals surface area contributed by atoms with Crippen LogP contribution in [-0.2, 0) is 10.2 Å². The third-order valence-electron chi connectivity index (χ3n) is 7.34. The van der Waals surface area contributed by atoms with E-state index in [0.29, 0.717) is 17.2 Å². The first-order valence-electron chi connectivity index (χ1n) is 10.9. The van der Waals surface area contributed by atoms with Crippen LogP contribution in [0.1, 0.15) is 64.9 Å². The highest BCUT2D eigenvalue weighted by atomic mass is 16.2. The van der Waals surface area contributed by atoms with Gasteiger partial charge in [0.05, 0.1) is 0 Å². The van der Waals surface area contributed by atoms with E-state index in [1.807, 2.05) is 0 Å². The van der Waals surface area contributed by atoms with Crippen LogP contribution in [0.3, 0.4) is 0 Å². The topological polar surface area (TPSA) is 32.3 Å². The van der Waals surface area contributed by atoms with Gasteiger partial charge in [0.1, 0.15) is 0 Å². The molecule has 3 aliphatic rings. The fourth-order valence-electron chi connectivity index (χ4n) is 6.91. The number of hydrogen-bond donors (Lipinski definition) is 1. The normalized spacial score (nSPS) is 36.1. The standard InChI is InChI=1S/C24H36N2O/c1-22(2)14-19-15-23(3,21(27)26-12-7-10-25-11-13-26)18-24(16-19,17-22)20-8-5-4-6-9-20/h4-6,8-9,19,25H,7,10-18H2,1-3H3. The summed E-state index contributed by atoms with van der Waals surface area (Å²) in [5.74, 6) is 1.07. The lowest BCUT2D eigenvalue weighted by Gasteiger charge is -2.57. The summed E-state index contributed by atoms with van der Waals surface area (Å²) in [5.41, 5.74) is 1.74. The zero-order valence-corrected chi connectivity index (χ0v) is 17.4. The van der Waals surface area contributed by atoms with Crippen molar-refractivity contribution < 1.29 is 4.79 Å². The summed E-state index contributed by atoms with van der Waals surface area (Å²) in [6.45, 7) is 10.9. The van der Waals surface area contributed by atoms with Gasteiger partial charge in [0.25, 0.3) is 0 Å². The molecule has 1 saturated heterocycles. The molecule has 3 fully saturated rings. The summed E-state index contributed by atoms with van der Waals surface area (Å²) in [6.07, 6.45) is 6.85. The highest BCUT2D eigenvalue weighted by Gasteiger charge is 2.56. The first-order valence-corrected chi connectivity index (χ1v) is 10.9. The summed E-state index contributed by atoms with van der Waals surface area (Å²) in [6, 6.07) is 11.1. The summed E-state index contributed by atoms with van der Waals surface area (Å²) in [7, 11) is 0. The molecule has 3 unspecified atom stereocenters. The molecule has 1 N–H and O–H groups in total. The molecular weight excluding hydrogens is 332 g/mol. The molecule has 0 spiro atoms. The van der Waals surface area contributed by atoms with E-state index in [1.165, 1.54) is 24.8 Å². The molecular formula is C24H36N2O. The van der Waals surface area contributed by atoms with Crippen LogP contribution in [0.25, 0.3) is 0 Å². The van der Waals surface area contributed by atoms with Crippen LogP contribution in [0.5, 0.6) is 0 Å². The van der Waals surface area contributed by atoms with E-state index in [-0.39, 0.29) is 10.8 Å². The van der Waals surface area contributed by atoms with Crippen molar-refractivity contribution in [1.82, 2.24) is 10.2 Å². The Hall–Kier alpha value is -1.35. The van der Waals surface area contributed by atoms with Gasteiger partial charge < -0.3 is 10.2 Å². The molecule has 0 aromatic heterocycles. The highest BCUT2D eigenvalue weighted by molar-refractivity contribution is 5.83. The SMILES string of the molecule is CC1(C)CC2CC(C)(C(=O)N3CCCNCC3)CC(c3ccccc3)(C2)C1. The molecule has 1 aromatic rings. The number of benzene rings is 1. The predicted octanol–water partition coefficient (Wildman–Crippen LogP) is 4.37. The van der Waals surface area contributed by atoms with Crippen LogP contribution in [0, 0.1) is 16.7 Å². The summed E-state index contributed by atoms with van der Waals surface area (Å²) >= 11 is 0. The van der Waals surface area contributed by atoms with Crippen LogP contribution in [-0.4, -0.2) is 37.0 Å².